The first kappa shape index (κ1) is 17.6. The Morgan fingerprint density at radius 2 is 2.17 bits per heavy atom. The Balaban J connectivity index is 1.71. The molecule has 5 nitrogen and oxygen atoms in total. The second-order valence-corrected chi connectivity index (χ2v) is 7.49. The van der Waals surface area contributed by atoms with Crippen molar-refractivity contribution in [1.82, 2.24) is 9.88 Å². The molecule has 1 aromatic heterocycles. The van der Waals surface area contributed by atoms with Gasteiger partial charge in [0.25, 0.3) is 0 Å². The van der Waals surface area contributed by atoms with E-state index < -0.39 is 0 Å². The molecule has 0 bridgehead atoms. The lowest BCUT2D eigenvalue weighted by Crippen LogP contribution is -2.38. The van der Waals surface area contributed by atoms with Crippen LogP contribution < -0.4 is 4.90 Å². The predicted octanol–water partition coefficient (Wildman–Crippen LogP) is 3.33. The van der Waals surface area contributed by atoms with Crippen LogP contribution in [0.1, 0.15) is 18.9 Å². The van der Waals surface area contributed by atoms with Gasteiger partial charge in [0.05, 0.1) is 23.4 Å². The average Bonchev–Trinajstić information content (AvgIpc) is 2.96. The van der Waals surface area contributed by atoms with E-state index in [4.69, 9.17) is 16.3 Å². The molecule has 1 amide bonds. The zero-order valence-corrected chi connectivity index (χ0v) is 15.6. The quantitative estimate of drug-likeness (QED) is 0.813. The molecule has 0 radical (unpaired) electrons. The molecule has 1 aliphatic heterocycles. The smallest absolute Gasteiger partial charge is 0.225 e. The molecule has 1 fully saturated rings. The minimum Gasteiger partial charge on any atom is -0.379 e. The van der Waals surface area contributed by atoms with Gasteiger partial charge in [-0.1, -0.05) is 22.9 Å². The molecule has 2 aromatic rings. The molecule has 0 unspecified atom stereocenters. The number of hydrogen-bond acceptors (Lipinski definition) is 5. The number of carbonyl (C=O) groups excluding carboxylic acids is 1. The van der Waals surface area contributed by atoms with E-state index >= 15 is 0 Å². The Kier molecular flexibility index (Phi) is 5.71. The van der Waals surface area contributed by atoms with E-state index in [-0.39, 0.29) is 5.91 Å². The lowest BCUT2D eigenvalue weighted by Gasteiger charge is -2.27. The van der Waals surface area contributed by atoms with Crippen LogP contribution in [-0.2, 0) is 9.53 Å². The number of aryl methyl sites for hydroxylation is 1. The standard InChI is InChI=1S/C17H22ClN3O2S/c1-12-10-14(18)11-15-16(12)19-17(24-15)21(13(2)22)5-3-4-20-6-8-23-9-7-20/h10-11H,3-9H2,1-2H3. The molecular weight excluding hydrogens is 346 g/mol. The number of hydrogen-bond donors (Lipinski definition) is 0. The summed E-state index contributed by atoms with van der Waals surface area (Å²) in [5, 5.41) is 1.46. The number of halogens is 1. The molecule has 3 rings (SSSR count). The third-order valence-electron chi connectivity index (χ3n) is 4.21. The second kappa shape index (κ2) is 7.78. The summed E-state index contributed by atoms with van der Waals surface area (Å²) in [4.78, 5) is 20.9. The molecule has 0 saturated carbocycles. The van der Waals surface area contributed by atoms with Crippen molar-refractivity contribution < 1.29 is 9.53 Å². The molecule has 0 atom stereocenters. The molecule has 24 heavy (non-hydrogen) atoms. The summed E-state index contributed by atoms with van der Waals surface area (Å²) < 4.78 is 6.39. The fourth-order valence-corrected chi connectivity index (χ4v) is 4.41. The van der Waals surface area contributed by atoms with Crippen LogP contribution >= 0.6 is 22.9 Å². The van der Waals surface area contributed by atoms with Crippen molar-refractivity contribution in [3.63, 3.8) is 0 Å². The number of benzene rings is 1. The molecule has 0 spiro atoms. The van der Waals surface area contributed by atoms with E-state index in [1.54, 1.807) is 11.8 Å². The van der Waals surface area contributed by atoms with Gasteiger partial charge < -0.3 is 4.74 Å². The fourth-order valence-electron chi connectivity index (χ4n) is 2.92. The Morgan fingerprint density at radius 1 is 1.42 bits per heavy atom. The molecule has 1 aromatic carbocycles. The summed E-state index contributed by atoms with van der Waals surface area (Å²) in [7, 11) is 0. The third-order valence-corrected chi connectivity index (χ3v) is 5.45. The summed E-state index contributed by atoms with van der Waals surface area (Å²) in [6.07, 6.45) is 0.926. The predicted molar refractivity (Wildman–Crippen MR) is 99.3 cm³/mol. The van der Waals surface area contributed by atoms with Gasteiger partial charge in [-0.2, -0.15) is 0 Å². The van der Waals surface area contributed by atoms with Crippen LogP contribution in [0.3, 0.4) is 0 Å². The Labute approximate surface area is 151 Å². The van der Waals surface area contributed by atoms with E-state index in [1.807, 2.05) is 19.1 Å². The molecule has 1 saturated heterocycles. The van der Waals surface area contributed by atoms with E-state index in [0.717, 1.165) is 60.2 Å². The summed E-state index contributed by atoms with van der Waals surface area (Å²) in [5.74, 6) is 0.0276. The normalized spacial score (nSPS) is 15.8. The van der Waals surface area contributed by atoms with Gasteiger partial charge in [-0.25, -0.2) is 4.98 Å². The molecule has 2 heterocycles. The molecule has 1 aliphatic rings. The summed E-state index contributed by atoms with van der Waals surface area (Å²) in [5.41, 5.74) is 1.97. The van der Waals surface area contributed by atoms with Crippen molar-refractivity contribution in [2.24, 2.45) is 0 Å². The Hall–Kier alpha value is -1.21. The van der Waals surface area contributed by atoms with Crippen LogP contribution in [0, 0.1) is 6.92 Å². The largest absolute Gasteiger partial charge is 0.379 e. The van der Waals surface area contributed by atoms with Crippen LogP contribution in [0.15, 0.2) is 12.1 Å². The number of ether oxygens (including phenoxy) is 1. The highest BCUT2D eigenvalue weighted by Gasteiger charge is 2.18. The number of fused-ring (bicyclic) bond motifs is 1. The molecule has 0 aliphatic carbocycles. The molecule has 7 heteroatoms. The maximum absolute atomic E-state index is 12.1. The van der Waals surface area contributed by atoms with Crippen LogP contribution in [0.5, 0.6) is 0 Å². The Morgan fingerprint density at radius 3 is 2.88 bits per heavy atom. The number of nitrogens with zero attached hydrogens (tertiary/aromatic N) is 3. The lowest BCUT2D eigenvalue weighted by atomic mass is 10.2. The first-order chi connectivity index (χ1) is 11.5. The van der Waals surface area contributed by atoms with E-state index in [1.165, 1.54) is 11.3 Å². The van der Waals surface area contributed by atoms with Gasteiger partial charge in [-0.15, -0.1) is 0 Å². The SMILES string of the molecule is CC(=O)N(CCCN1CCOCC1)c1nc2c(C)cc(Cl)cc2s1. The monoisotopic (exact) mass is 367 g/mol. The molecular formula is C17H22ClN3O2S. The van der Waals surface area contributed by atoms with Crippen LogP contribution in [-0.4, -0.2) is 55.2 Å². The van der Waals surface area contributed by atoms with Gasteiger partial charge >= 0.3 is 0 Å². The summed E-state index contributed by atoms with van der Waals surface area (Å²) in [6.45, 7) is 8.79. The van der Waals surface area contributed by atoms with Crippen molar-refractivity contribution in [3.05, 3.63) is 22.7 Å². The minimum atomic E-state index is 0.0276. The van der Waals surface area contributed by atoms with Crippen LogP contribution in [0.2, 0.25) is 5.02 Å². The first-order valence-electron chi connectivity index (χ1n) is 8.19. The molecule has 0 N–H and O–H groups in total. The topological polar surface area (TPSA) is 45.7 Å². The van der Waals surface area contributed by atoms with E-state index in [2.05, 4.69) is 9.88 Å². The van der Waals surface area contributed by atoms with Crippen LogP contribution in [0.4, 0.5) is 5.13 Å². The van der Waals surface area contributed by atoms with Crippen molar-refractivity contribution in [1.29, 1.82) is 0 Å². The zero-order valence-electron chi connectivity index (χ0n) is 14.0. The average molecular weight is 368 g/mol. The number of anilines is 1. The zero-order chi connectivity index (χ0) is 17.1. The fraction of sp³-hybridized carbons (Fsp3) is 0.529. The number of amides is 1. The summed E-state index contributed by atoms with van der Waals surface area (Å²) in [6, 6.07) is 3.82. The highest BCUT2D eigenvalue weighted by molar-refractivity contribution is 7.22. The Bertz CT molecular complexity index is 728. The lowest BCUT2D eigenvalue weighted by molar-refractivity contribution is -0.116. The van der Waals surface area contributed by atoms with Crippen LogP contribution in [0.25, 0.3) is 10.2 Å². The number of thiazole rings is 1. The van der Waals surface area contributed by atoms with Gasteiger partial charge in [0.15, 0.2) is 5.13 Å². The maximum atomic E-state index is 12.1. The van der Waals surface area contributed by atoms with Gasteiger partial charge in [-0.3, -0.25) is 14.6 Å². The van der Waals surface area contributed by atoms with Gasteiger partial charge in [0.1, 0.15) is 0 Å². The third kappa shape index (κ3) is 4.06. The van der Waals surface area contributed by atoms with Gasteiger partial charge in [-0.05, 0) is 31.0 Å². The number of morpholine rings is 1. The van der Waals surface area contributed by atoms with Crippen molar-refractivity contribution in [3.8, 4) is 0 Å². The van der Waals surface area contributed by atoms with E-state index in [9.17, 15) is 4.79 Å². The highest BCUT2D eigenvalue weighted by Crippen LogP contribution is 2.33. The van der Waals surface area contributed by atoms with Crippen molar-refractivity contribution >= 4 is 44.2 Å². The van der Waals surface area contributed by atoms with Crippen molar-refractivity contribution in [2.45, 2.75) is 20.3 Å². The molecule has 130 valence electrons. The summed E-state index contributed by atoms with van der Waals surface area (Å²) >= 11 is 7.65. The second-order valence-electron chi connectivity index (χ2n) is 6.04. The number of rotatable bonds is 5. The van der Waals surface area contributed by atoms with Crippen molar-refractivity contribution in [2.75, 3.05) is 44.3 Å². The van der Waals surface area contributed by atoms with E-state index in [0.29, 0.717) is 11.6 Å². The minimum absolute atomic E-state index is 0.0276. The number of carbonyl (C=O) groups is 1. The van der Waals surface area contributed by atoms with Gasteiger partial charge in [0, 0.05) is 38.1 Å². The number of aromatic nitrogens is 1. The maximum Gasteiger partial charge on any atom is 0.225 e. The first-order valence-corrected chi connectivity index (χ1v) is 9.39. The highest BCUT2D eigenvalue weighted by atomic mass is 35.5. The van der Waals surface area contributed by atoms with Gasteiger partial charge in [0.2, 0.25) is 5.91 Å².